The van der Waals surface area contributed by atoms with Gasteiger partial charge >= 0.3 is 0 Å². The van der Waals surface area contributed by atoms with Crippen LogP contribution in [0.2, 0.25) is 0 Å². The summed E-state index contributed by atoms with van der Waals surface area (Å²) in [6, 6.07) is 9.72. The summed E-state index contributed by atoms with van der Waals surface area (Å²) >= 11 is 0. The SMILES string of the molecule is COCc1cccc(NC2CC(C)N(C)C2)c1. The second-order valence-corrected chi connectivity index (χ2v) is 5.00. The Hall–Kier alpha value is -1.06. The first-order chi connectivity index (χ1) is 8.19. The van der Waals surface area contributed by atoms with Crippen LogP contribution in [0.25, 0.3) is 0 Å². The Bertz CT molecular complexity index is 357. The Balaban J connectivity index is 1.97. The normalized spacial score (nSPS) is 25.1. The molecule has 0 aliphatic carbocycles. The van der Waals surface area contributed by atoms with Gasteiger partial charge in [0.25, 0.3) is 0 Å². The van der Waals surface area contributed by atoms with Gasteiger partial charge < -0.3 is 15.0 Å². The number of hydrogen-bond acceptors (Lipinski definition) is 3. The molecule has 1 aromatic carbocycles. The fourth-order valence-electron chi connectivity index (χ4n) is 2.45. The number of nitrogens with zero attached hydrogens (tertiary/aromatic N) is 1. The van der Waals surface area contributed by atoms with Crippen LogP contribution in [0.5, 0.6) is 0 Å². The number of nitrogens with one attached hydrogen (secondary N) is 1. The largest absolute Gasteiger partial charge is 0.381 e. The fourth-order valence-corrected chi connectivity index (χ4v) is 2.45. The fraction of sp³-hybridized carbons (Fsp3) is 0.571. The molecule has 3 nitrogen and oxygen atoms in total. The Morgan fingerprint density at radius 3 is 2.94 bits per heavy atom. The number of hydrogen-bond donors (Lipinski definition) is 1. The van der Waals surface area contributed by atoms with E-state index in [1.54, 1.807) is 7.11 Å². The summed E-state index contributed by atoms with van der Waals surface area (Å²) in [6.07, 6.45) is 1.21. The molecule has 2 atom stereocenters. The molecular formula is C14H22N2O. The van der Waals surface area contributed by atoms with E-state index >= 15 is 0 Å². The third-order valence-electron chi connectivity index (χ3n) is 3.50. The third kappa shape index (κ3) is 3.20. The van der Waals surface area contributed by atoms with Crippen LogP contribution in [-0.2, 0) is 11.3 Å². The molecule has 1 saturated heterocycles. The summed E-state index contributed by atoms with van der Waals surface area (Å²) in [5.74, 6) is 0. The summed E-state index contributed by atoms with van der Waals surface area (Å²) in [6.45, 7) is 4.08. The predicted molar refractivity (Wildman–Crippen MR) is 71.3 cm³/mol. The van der Waals surface area contributed by atoms with Crippen LogP contribution in [0.1, 0.15) is 18.9 Å². The molecule has 0 bridgehead atoms. The summed E-state index contributed by atoms with van der Waals surface area (Å²) in [7, 11) is 3.92. The molecule has 3 heteroatoms. The van der Waals surface area contributed by atoms with Gasteiger partial charge in [0.15, 0.2) is 0 Å². The zero-order valence-corrected chi connectivity index (χ0v) is 10.9. The maximum Gasteiger partial charge on any atom is 0.0713 e. The maximum atomic E-state index is 5.15. The molecule has 17 heavy (non-hydrogen) atoms. The molecule has 1 N–H and O–H groups in total. The first-order valence-corrected chi connectivity index (χ1v) is 6.23. The quantitative estimate of drug-likeness (QED) is 0.865. The molecule has 0 spiro atoms. The van der Waals surface area contributed by atoms with E-state index in [0.29, 0.717) is 18.7 Å². The molecule has 1 aliphatic rings. The molecule has 2 rings (SSSR count). The third-order valence-corrected chi connectivity index (χ3v) is 3.50. The lowest BCUT2D eigenvalue weighted by molar-refractivity contribution is 0.185. The number of anilines is 1. The molecule has 0 amide bonds. The Labute approximate surface area is 104 Å². The first kappa shape index (κ1) is 12.4. The van der Waals surface area contributed by atoms with Gasteiger partial charge in [-0.05, 0) is 38.1 Å². The Kier molecular flexibility index (Phi) is 4.02. The van der Waals surface area contributed by atoms with Crippen LogP contribution in [0.4, 0.5) is 5.69 Å². The number of likely N-dealkylation sites (N-methyl/N-ethyl adjacent to an activating group) is 1. The molecule has 2 unspecified atom stereocenters. The zero-order valence-electron chi connectivity index (χ0n) is 10.9. The number of rotatable bonds is 4. The lowest BCUT2D eigenvalue weighted by Crippen LogP contribution is -2.24. The summed E-state index contributed by atoms with van der Waals surface area (Å²) in [5, 5.41) is 3.60. The maximum absolute atomic E-state index is 5.15. The predicted octanol–water partition coefficient (Wildman–Crippen LogP) is 2.34. The van der Waals surface area contributed by atoms with Crippen molar-refractivity contribution in [2.75, 3.05) is 26.0 Å². The monoisotopic (exact) mass is 234 g/mol. The van der Waals surface area contributed by atoms with Gasteiger partial charge in [-0.1, -0.05) is 12.1 Å². The molecule has 1 aromatic rings. The van der Waals surface area contributed by atoms with Crippen molar-refractivity contribution in [1.82, 2.24) is 4.90 Å². The first-order valence-electron chi connectivity index (χ1n) is 6.23. The highest BCUT2D eigenvalue weighted by Crippen LogP contribution is 2.20. The highest BCUT2D eigenvalue weighted by Gasteiger charge is 2.25. The van der Waals surface area contributed by atoms with E-state index in [9.17, 15) is 0 Å². The minimum atomic E-state index is 0.563. The number of ether oxygens (including phenoxy) is 1. The Morgan fingerprint density at radius 1 is 1.47 bits per heavy atom. The molecule has 0 aromatic heterocycles. The van der Waals surface area contributed by atoms with E-state index in [-0.39, 0.29) is 0 Å². The van der Waals surface area contributed by atoms with E-state index in [4.69, 9.17) is 4.74 Å². The van der Waals surface area contributed by atoms with Gasteiger partial charge in [0.05, 0.1) is 6.61 Å². The van der Waals surface area contributed by atoms with Crippen molar-refractivity contribution in [3.63, 3.8) is 0 Å². The minimum absolute atomic E-state index is 0.563. The van der Waals surface area contributed by atoms with Gasteiger partial charge in [-0.2, -0.15) is 0 Å². The highest BCUT2D eigenvalue weighted by atomic mass is 16.5. The van der Waals surface area contributed by atoms with Crippen molar-refractivity contribution in [2.45, 2.75) is 32.0 Å². The van der Waals surface area contributed by atoms with Gasteiger partial charge in [-0.3, -0.25) is 0 Å². The van der Waals surface area contributed by atoms with Crippen LogP contribution in [0.3, 0.4) is 0 Å². The van der Waals surface area contributed by atoms with Crippen molar-refractivity contribution in [3.8, 4) is 0 Å². The van der Waals surface area contributed by atoms with Crippen molar-refractivity contribution in [2.24, 2.45) is 0 Å². The zero-order chi connectivity index (χ0) is 12.3. The smallest absolute Gasteiger partial charge is 0.0713 e. The van der Waals surface area contributed by atoms with Gasteiger partial charge in [0.2, 0.25) is 0 Å². The second-order valence-electron chi connectivity index (χ2n) is 5.00. The topological polar surface area (TPSA) is 24.5 Å². The number of methoxy groups -OCH3 is 1. The van der Waals surface area contributed by atoms with Crippen molar-refractivity contribution in [3.05, 3.63) is 29.8 Å². The van der Waals surface area contributed by atoms with E-state index in [2.05, 4.69) is 48.5 Å². The molecule has 1 aliphatic heterocycles. The van der Waals surface area contributed by atoms with E-state index in [0.717, 1.165) is 6.54 Å². The standard InChI is InChI=1S/C14H22N2O/c1-11-7-14(9-16(11)2)15-13-6-4-5-12(8-13)10-17-3/h4-6,8,11,14-15H,7,9-10H2,1-3H3. The minimum Gasteiger partial charge on any atom is -0.381 e. The van der Waals surface area contributed by atoms with Gasteiger partial charge in [0, 0.05) is 31.4 Å². The van der Waals surface area contributed by atoms with E-state index < -0.39 is 0 Å². The second kappa shape index (κ2) is 5.52. The van der Waals surface area contributed by atoms with E-state index in [1.807, 2.05) is 0 Å². The van der Waals surface area contributed by atoms with Gasteiger partial charge in [-0.15, -0.1) is 0 Å². The summed E-state index contributed by atoms with van der Waals surface area (Å²) in [5.41, 5.74) is 2.42. The van der Waals surface area contributed by atoms with Gasteiger partial charge in [0.1, 0.15) is 0 Å². The van der Waals surface area contributed by atoms with Crippen LogP contribution < -0.4 is 5.32 Å². The van der Waals surface area contributed by atoms with E-state index in [1.165, 1.54) is 17.7 Å². The van der Waals surface area contributed by atoms with Crippen molar-refractivity contribution < 1.29 is 4.74 Å². The molecule has 0 radical (unpaired) electrons. The average molecular weight is 234 g/mol. The lowest BCUT2D eigenvalue weighted by Gasteiger charge is -2.15. The molecule has 1 fully saturated rings. The van der Waals surface area contributed by atoms with Crippen LogP contribution in [-0.4, -0.2) is 37.7 Å². The molecule has 94 valence electrons. The average Bonchev–Trinajstić information content (AvgIpc) is 2.59. The van der Waals surface area contributed by atoms with Crippen molar-refractivity contribution in [1.29, 1.82) is 0 Å². The van der Waals surface area contributed by atoms with Gasteiger partial charge in [-0.25, -0.2) is 0 Å². The highest BCUT2D eigenvalue weighted by molar-refractivity contribution is 5.46. The van der Waals surface area contributed by atoms with Crippen LogP contribution in [0, 0.1) is 0 Å². The number of likely N-dealkylation sites (tertiary alicyclic amines) is 1. The van der Waals surface area contributed by atoms with Crippen LogP contribution in [0.15, 0.2) is 24.3 Å². The summed E-state index contributed by atoms with van der Waals surface area (Å²) in [4.78, 5) is 2.40. The van der Waals surface area contributed by atoms with Crippen molar-refractivity contribution >= 4 is 5.69 Å². The summed E-state index contributed by atoms with van der Waals surface area (Å²) < 4.78 is 5.15. The lowest BCUT2D eigenvalue weighted by atomic mass is 10.1. The molecule has 1 heterocycles. The van der Waals surface area contributed by atoms with Crippen LogP contribution >= 0.6 is 0 Å². The molecule has 0 saturated carbocycles. The Morgan fingerprint density at radius 2 is 2.29 bits per heavy atom. The number of benzene rings is 1. The molecular weight excluding hydrogens is 212 g/mol.